The van der Waals surface area contributed by atoms with Crippen LogP contribution in [0.5, 0.6) is 17.2 Å². The van der Waals surface area contributed by atoms with Crippen LogP contribution in [0, 0.1) is 0 Å². The van der Waals surface area contributed by atoms with Gasteiger partial charge in [0.2, 0.25) is 4.96 Å². The number of aromatic nitrogens is 5. The fourth-order valence-corrected chi connectivity index (χ4v) is 5.59. The molecule has 222 valence electrons. The fraction of sp³-hybridized carbons (Fsp3) is 0.176. The highest BCUT2D eigenvalue weighted by Gasteiger charge is 2.14. The van der Waals surface area contributed by atoms with Crippen LogP contribution in [0.15, 0.2) is 83.8 Å². The van der Waals surface area contributed by atoms with Crippen molar-refractivity contribution in [2.24, 2.45) is 0 Å². The van der Waals surface area contributed by atoms with Crippen LogP contribution >= 0.6 is 11.3 Å². The summed E-state index contributed by atoms with van der Waals surface area (Å²) in [6.07, 6.45) is 7.50. The second kappa shape index (κ2) is 12.6. The molecule has 3 aromatic heterocycles. The van der Waals surface area contributed by atoms with Crippen LogP contribution in [-0.2, 0) is 0 Å². The van der Waals surface area contributed by atoms with Gasteiger partial charge in [0.15, 0.2) is 17.3 Å². The molecule has 0 fully saturated rings. The molecule has 44 heavy (non-hydrogen) atoms. The van der Waals surface area contributed by atoms with E-state index in [4.69, 9.17) is 19.3 Å². The van der Waals surface area contributed by atoms with Gasteiger partial charge in [-0.15, -0.1) is 5.10 Å². The summed E-state index contributed by atoms with van der Waals surface area (Å²) >= 11 is 1.29. The van der Waals surface area contributed by atoms with Crippen LogP contribution in [-0.4, -0.2) is 44.2 Å². The summed E-state index contributed by atoms with van der Waals surface area (Å²) in [6, 6.07) is 23.4. The SMILES string of the molecule is CCOc1ccc(/C=C/c2nc3s/c(=C\c4cn(-c5ccccc5)nc4-c4ccc(OC(C)C)cc4)c(=O)n3n2)cc1OC. The minimum absolute atomic E-state index is 0.0792. The van der Waals surface area contributed by atoms with Crippen molar-refractivity contribution in [1.82, 2.24) is 24.4 Å². The molecule has 0 saturated carbocycles. The average molecular weight is 606 g/mol. The first-order valence-corrected chi connectivity index (χ1v) is 15.1. The van der Waals surface area contributed by atoms with E-state index in [0.29, 0.717) is 33.4 Å². The standard InChI is InChI=1S/C34H31N5O4S/c1-5-42-28-17-11-23(19-29(28)41-4)12-18-31-35-34-39(36-31)33(40)30(44-34)20-25-21-38(26-9-7-6-8-10-26)37-32(25)24-13-15-27(16-14-24)43-22(2)3/h6-22H,5H2,1-4H3/b18-12+,30-20-. The van der Waals surface area contributed by atoms with Crippen LogP contribution in [0.4, 0.5) is 0 Å². The summed E-state index contributed by atoms with van der Waals surface area (Å²) in [5.41, 5.74) is 4.04. The third-order valence-electron chi connectivity index (χ3n) is 6.66. The van der Waals surface area contributed by atoms with Crippen LogP contribution < -0.4 is 24.3 Å². The van der Waals surface area contributed by atoms with Gasteiger partial charge in [0, 0.05) is 17.3 Å². The highest BCUT2D eigenvalue weighted by molar-refractivity contribution is 7.15. The van der Waals surface area contributed by atoms with E-state index in [0.717, 1.165) is 33.8 Å². The number of benzene rings is 3. The molecule has 0 bridgehead atoms. The molecule has 0 amide bonds. The molecule has 0 unspecified atom stereocenters. The van der Waals surface area contributed by atoms with Gasteiger partial charge < -0.3 is 14.2 Å². The molecule has 9 nitrogen and oxygen atoms in total. The van der Waals surface area contributed by atoms with Gasteiger partial charge in [0.05, 0.1) is 30.0 Å². The van der Waals surface area contributed by atoms with Crippen molar-refractivity contribution in [3.63, 3.8) is 0 Å². The van der Waals surface area contributed by atoms with Gasteiger partial charge in [0.1, 0.15) is 11.4 Å². The molecule has 0 aliphatic rings. The summed E-state index contributed by atoms with van der Waals surface area (Å²) < 4.78 is 20.5. The van der Waals surface area contributed by atoms with E-state index in [1.54, 1.807) is 13.2 Å². The lowest BCUT2D eigenvalue weighted by molar-refractivity contribution is 0.242. The lowest BCUT2D eigenvalue weighted by Crippen LogP contribution is -2.23. The van der Waals surface area contributed by atoms with Crippen LogP contribution in [0.25, 0.3) is 40.1 Å². The van der Waals surface area contributed by atoms with Gasteiger partial charge in [-0.25, -0.2) is 4.68 Å². The largest absolute Gasteiger partial charge is 0.493 e. The Morgan fingerprint density at radius 3 is 2.45 bits per heavy atom. The normalized spacial score (nSPS) is 12.1. The second-order valence-corrected chi connectivity index (χ2v) is 11.2. The van der Waals surface area contributed by atoms with E-state index < -0.39 is 0 Å². The number of thiazole rings is 1. The van der Waals surface area contributed by atoms with Crippen molar-refractivity contribution >= 4 is 34.5 Å². The Morgan fingerprint density at radius 2 is 1.75 bits per heavy atom. The lowest BCUT2D eigenvalue weighted by atomic mass is 10.1. The number of hydrogen-bond donors (Lipinski definition) is 0. The predicted molar refractivity (Wildman–Crippen MR) is 174 cm³/mol. The molecule has 3 aromatic carbocycles. The van der Waals surface area contributed by atoms with Gasteiger partial charge in [-0.2, -0.15) is 14.6 Å². The lowest BCUT2D eigenvalue weighted by Gasteiger charge is -2.09. The highest BCUT2D eigenvalue weighted by Crippen LogP contribution is 2.29. The molecule has 3 heterocycles. The quantitative estimate of drug-likeness (QED) is 0.192. The summed E-state index contributed by atoms with van der Waals surface area (Å²) in [5, 5.41) is 9.34. The number of nitrogens with zero attached hydrogens (tertiary/aromatic N) is 5. The fourth-order valence-electron chi connectivity index (χ4n) is 4.69. The highest BCUT2D eigenvalue weighted by atomic mass is 32.1. The van der Waals surface area contributed by atoms with Crippen LogP contribution in [0.2, 0.25) is 0 Å². The minimum atomic E-state index is -0.237. The van der Waals surface area contributed by atoms with Gasteiger partial charge in [-0.3, -0.25) is 4.79 Å². The number of ether oxygens (including phenoxy) is 3. The average Bonchev–Trinajstić information content (AvgIpc) is 3.72. The Labute approximate surface area is 258 Å². The number of hydrogen-bond acceptors (Lipinski definition) is 8. The number of methoxy groups -OCH3 is 1. The topological polar surface area (TPSA) is 92.8 Å². The summed E-state index contributed by atoms with van der Waals surface area (Å²) in [7, 11) is 1.61. The zero-order valence-electron chi connectivity index (χ0n) is 24.8. The van der Waals surface area contributed by atoms with Crippen LogP contribution in [0.1, 0.15) is 37.7 Å². The summed E-state index contributed by atoms with van der Waals surface area (Å²) in [4.78, 5) is 18.5. The first-order chi connectivity index (χ1) is 21.4. The van der Waals surface area contributed by atoms with Crippen LogP contribution in [0.3, 0.4) is 0 Å². The zero-order valence-corrected chi connectivity index (χ0v) is 25.6. The predicted octanol–water partition coefficient (Wildman–Crippen LogP) is 5.92. The number of para-hydroxylation sites is 1. The Balaban J connectivity index is 1.34. The van der Waals surface area contributed by atoms with Gasteiger partial charge >= 0.3 is 0 Å². The van der Waals surface area contributed by atoms with Crippen molar-refractivity contribution < 1.29 is 14.2 Å². The van der Waals surface area contributed by atoms with Crippen molar-refractivity contribution in [2.45, 2.75) is 26.9 Å². The zero-order chi connectivity index (χ0) is 30.6. The van der Waals surface area contributed by atoms with Crippen molar-refractivity contribution in [3.8, 4) is 34.2 Å². The monoisotopic (exact) mass is 605 g/mol. The minimum Gasteiger partial charge on any atom is -0.493 e. The maximum Gasteiger partial charge on any atom is 0.291 e. The third-order valence-corrected chi connectivity index (χ3v) is 7.62. The van der Waals surface area contributed by atoms with Crippen molar-refractivity contribution in [2.75, 3.05) is 13.7 Å². The van der Waals surface area contributed by atoms with Gasteiger partial charge in [-0.1, -0.05) is 41.7 Å². The smallest absolute Gasteiger partial charge is 0.291 e. The molecule has 0 saturated heterocycles. The van der Waals surface area contributed by atoms with E-state index in [1.165, 1.54) is 15.9 Å². The third kappa shape index (κ3) is 6.11. The van der Waals surface area contributed by atoms with E-state index in [9.17, 15) is 4.79 Å². The Morgan fingerprint density at radius 1 is 0.955 bits per heavy atom. The Hall–Kier alpha value is -5.22. The molecule has 0 N–H and O–H groups in total. The molecule has 0 atom stereocenters. The second-order valence-electron chi connectivity index (χ2n) is 10.2. The molecule has 0 aliphatic heterocycles. The van der Waals surface area contributed by atoms with E-state index in [1.807, 2.05) is 117 Å². The van der Waals surface area contributed by atoms with Crippen molar-refractivity contribution in [1.29, 1.82) is 0 Å². The molecule has 10 heteroatoms. The molecule has 0 aliphatic carbocycles. The molecular formula is C34H31N5O4S. The maximum absolute atomic E-state index is 13.4. The molecule has 6 aromatic rings. The first kappa shape index (κ1) is 28.9. The van der Waals surface area contributed by atoms with Crippen molar-refractivity contribution in [3.05, 3.63) is 111 Å². The van der Waals surface area contributed by atoms with E-state index in [2.05, 4.69) is 10.1 Å². The molecule has 6 rings (SSSR count). The number of rotatable bonds is 10. The number of fused-ring (bicyclic) bond motifs is 1. The maximum atomic E-state index is 13.4. The summed E-state index contributed by atoms with van der Waals surface area (Å²) in [5.74, 6) is 2.55. The molecule has 0 spiro atoms. The summed E-state index contributed by atoms with van der Waals surface area (Å²) in [6.45, 7) is 6.47. The Kier molecular flexibility index (Phi) is 8.25. The van der Waals surface area contributed by atoms with E-state index >= 15 is 0 Å². The van der Waals surface area contributed by atoms with Gasteiger partial charge in [-0.05, 0) is 87.0 Å². The molecular weight excluding hydrogens is 574 g/mol. The molecule has 0 radical (unpaired) electrons. The van der Waals surface area contributed by atoms with E-state index in [-0.39, 0.29) is 11.7 Å². The first-order valence-electron chi connectivity index (χ1n) is 14.2. The Bertz CT molecular complexity index is 2040. The van der Waals surface area contributed by atoms with Gasteiger partial charge in [0.25, 0.3) is 5.56 Å².